The SMILES string of the molecule is COc1cccc(C(=O)Nc2ccc(SC(C)C(=O)Nc3ccc(Cl)cc3)cc2)c1. The van der Waals surface area contributed by atoms with Crippen molar-refractivity contribution in [1.82, 2.24) is 0 Å². The predicted molar refractivity (Wildman–Crippen MR) is 123 cm³/mol. The lowest BCUT2D eigenvalue weighted by Gasteiger charge is -2.13. The molecule has 5 nitrogen and oxygen atoms in total. The van der Waals surface area contributed by atoms with Crippen LogP contribution in [0.4, 0.5) is 11.4 Å². The third kappa shape index (κ3) is 6.02. The van der Waals surface area contributed by atoms with Gasteiger partial charge in [-0.05, 0) is 73.7 Å². The van der Waals surface area contributed by atoms with Crippen molar-refractivity contribution in [3.05, 3.63) is 83.4 Å². The minimum atomic E-state index is -0.294. The van der Waals surface area contributed by atoms with Crippen molar-refractivity contribution in [2.45, 2.75) is 17.1 Å². The van der Waals surface area contributed by atoms with Gasteiger partial charge in [0.05, 0.1) is 12.4 Å². The number of carbonyl (C=O) groups is 2. The molecule has 0 bridgehead atoms. The fraction of sp³-hybridized carbons (Fsp3) is 0.130. The Labute approximate surface area is 184 Å². The molecule has 3 aromatic rings. The third-order valence-electron chi connectivity index (χ3n) is 4.24. The van der Waals surface area contributed by atoms with Crippen LogP contribution in [0.5, 0.6) is 5.75 Å². The number of ether oxygens (including phenoxy) is 1. The number of rotatable bonds is 7. The first kappa shape index (κ1) is 21.7. The number of halogens is 1. The molecule has 0 aliphatic rings. The summed E-state index contributed by atoms with van der Waals surface area (Å²) >= 11 is 7.30. The Morgan fingerprint density at radius 3 is 2.23 bits per heavy atom. The Hall–Kier alpha value is -2.96. The lowest BCUT2D eigenvalue weighted by molar-refractivity contribution is -0.115. The van der Waals surface area contributed by atoms with Crippen LogP contribution in [0.3, 0.4) is 0 Å². The molecule has 0 saturated heterocycles. The van der Waals surface area contributed by atoms with E-state index in [0.29, 0.717) is 27.7 Å². The first-order chi connectivity index (χ1) is 14.4. The minimum absolute atomic E-state index is 0.0993. The fourth-order valence-corrected chi connectivity index (χ4v) is 3.61. The second-order valence-electron chi connectivity index (χ2n) is 6.47. The van der Waals surface area contributed by atoms with E-state index in [1.807, 2.05) is 31.2 Å². The molecule has 2 amide bonds. The highest BCUT2D eigenvalue weighted by Gasteiger charge is 2.15. The van der Waals surface area contributed by atoms with Crippen LogP contribution < -0.4 is 15.4 Å². The number of benzene rings is 3. The Bertz CT molecular complexity index is 1020. The smallest absolute Gasteiger partial charge is 0.255 e. The largest absolute Gasteiger partial charge is 0.497 e. The highest BCUT2D eigenvalue weighted by molar-refractivity contribution is 8.00. The maximum Gasteiger partial charge on any atom is 0.255 e. The van der Waals surface area contributed by atoms with Crippen LogP contribution in [0.25, 0.3) is 0 Å². The van der Waals surface area contributed by atoms with Crippen LogP contribution in [-0.2, 0) is 4.79 Å². The summed E-state index contributed by atoms with van der Waals surface area (Å²) in [5, 5.41) is 6.05. The van der Waals surface area contributed by atoms with Crippen molar-refractivity contribution in [1.29, 1.82) is 0 Å². The maximum absolute atomic E-state index is 12.4. The molecule has 0 radical (unpaired) electrons. The second-order valence-corrected chi connectivity index (χ2v) is 8.32. The van der Waals surface area contributed by atoms with Gasteiger partial charge >= 0.3 is 0 Å². The van der Waals surface area contributed by atoms with E-state index in [1.54, 1.807) is 55.6 Å². The number of methoxy groups -OCH3 is 1. The average molecular weight is 441 g/mol. The molecular weight excluding hydrogens is 420 g/mol. The van der Waals surface area contributed by atoms with E-state index >= 15 is 0 Å². The van der Waals surface area contributed by atoms with Gasteiger partial charge in [0, 0.05) is 26.9 Å². The molecular formula is C23H21ClN2O3S. The summed E-state index contributed by atoms with van der Waals surface area (Å²) < 4.78 is 5.15. The van der Waals surface area contributed by atoms with Crippen LogP contribution in [-0.4, -0.2) is 24.2 Å². The fourth-order valence-electron chi connectivity index (χ4n) is 2.62. The molecule has 0 heterocycles. The van der Waals surface area contributed by atoms with E-state index in [2.05, 4.69) is 10.6 Å². The zero-order chi connectivity index (χ0) is 21.5. The molecule has 3 aromatic carbocycles. The molecule has 154 valence electrons. The maximum atomic E-state index is 12.4. The van der Waals surface area contributed by atoms with Crippen molar-refractivity contribution < 1.29 is 14.3 Å². The summed E-state index contributed by atoms with van der Waals surface area (Å²) in [6, 6.07) is 21.3. The summed E-state index contributed by atoms with van der Waals surface area (Å²) in [5.41, 5.74) is 1.89. The van der Waals surface area contributed by atoms with Gasteiger partial charge in [0.2, 0.25) is 5.91 Å². The summed E-state index contributed by atoms with van der Waals surface area (Å²) in [7, 11) is 1.56. The molecule has 0 aromatic heterocycles. The average Bonchev–Trinajstić information content (AvgIpc) is 2.76. The molecule has 1 unspecified atom stereocenters. The number of hydrogen-bond donors (Lipinski definition) is 2. The zero-order valence-corrected chi connectivity index (χ0v) is 18.1. The topological polar surface area (TPSA) is 67.4 Å². The van der Waals surface area contributed by atoms with Gasteiger partial charge in [-0.1, -0.05) is 17.7 Å². The Balaban J connectivity index is 1.56. The van der Waals surface area contributed by atoms with E-state index in [0.717, 1.165) is 4.90 Å². The van der Waals surface area contributed by atoms with Crippen LogP contribution in [0.15, 0.2) is 77.7 Å². The summed E-state index contributed by atoms with van der Waals surface area (Å²) in [5.74, 6) is 0.308. The molecule has 0 spiro atoms. The van der Waals surface area contributed by atoms with Gasteiger partial charge in [0.25, 0.3) is 5.91 Å². The van der Waals surface area contributed by atoms with Crippen molar-refractivity contribution in [2.24, 2.45) is 0 Å². The minimum Gasteiger partial charge on any atom is -0.497 e. The van der Waals surface area contributed by atoms with E-state index in [1.165, 1.54) is 11.8 Å². The second kappa shape index (κ2) is 10.2. The van der Waals surface area contributed by atoms with Crippen molar-refractivity contribution in [3.63, 3.8) is 0 Å². The molecule has 7 heteroatoms. The molecule has 30 heavy (non-hydrogen) atoms. The van der Waals surface area contributed by atoms with E-state index in [-0.39, 0.29) is 17.1 Å². The van der Waals surface area contributed by atoms with E-state index < -0.39 is 0 Å². The van der Waals surface area contributed by atoms with E-state index in [9.17, 15) is 9.59 Å². The quantitative estimate of drug-likeness (QED) is 0.461. The van der Waals surface area contributed by atoms with Gasteiger partial charge in [-0.3, -0.25) is 9.59 Å². The molecule has 1 atom stereocenters. The Morgan fingerprint density at radius 2 is 1.57 bits per heavy atom. The van der Waals surface area contributed by atoms with Gasteiger partial charge < -0.3 is 15.4 Å². The highest BCUT2D eigenvalue weighted by atomic mass is 35.5. The molecule has 0 saturated carbocycles. The van der Waals surface area contributed by atoms with Crippen molar-refractivity contribution in [2.75, 3.05) is 17.7 Å². The number of amides is 2. The van der Waals surface area contributed by atoms with Gasteiger partial charge in [-0.2, -0.15) is 0 Å². The molecule has 0 aliphatic heterocycles. The van der Waals surface area contributed by atoms with Crippen LogP contribution in [0, 0.1) is 0 Å². The summed E-state index contributed by atoms with van der Waals surface area (Å²) in [6.45, 7) is 1.84. The predicted octanol–water partition coefficient (Wildman–Crippen LogP) is 5.72. The number of hydrogen-bond acceptors (Lipinski definition) is 4. The molecule has 0 aliphatic carbocycles. The van der Waals surface area contributed by atoms with Crippen molar-refractivity contribution >= 4 is 46.6 Å². The van der Waals surface area contributed by atoms with Gasteiger partial charge in [-0.15, -0.1) is 11.8 Å². The van der Waals surface area contributed by atoms with E-state index in [4.69, 9.17) is 16.3 Å². The first-order valence-corrected chi connectivity index (χ1v) is 10.5. The molecule has 3 rings (SSSR count). The zero-order valence-electron chi connectivity index (χ0n) is 16.5. The summed E-state index contributed by atoms with van der Waals surface area (Å²) in [6.07, 6.45) is 0. The number of anilines is 2. The molecule has 0 fully saturated rings. The first-order valence-electron chi connectivity index (χ1n) is 9.23. The van der Waals surface area contributed by atoms with Crippen LogP contribution >= 0.6 is 23.4 Å². The van der Waals surface area contributed by atoms with Crippen molar-refractivity contribution in [3.8, 4) is 5.75 Å². The van der Waals surface area contributed by atoms with Gasteiger partial charge in [0.15, 0.2) is 0 Å². The standard InChI is InChI=1S/C23H21ClN2O3S/c1-15(22(27)25-18-8-6-17(24)7-9-18)30-21-12-10-19(11-13-21)26-23(28)16-4-3-5-20(14-16)29-2/h3-15H,1-2H3,(H,25,27)(H,26,28). The Morgan fingerprint density at radius 1 is 0.933 bits per heavy atom. The highest BCUT2D eigenvalue weighted by Crippen LogP contribution is 2.26. The van der Waals surface area contributed by atoms with Gasteiger partial charge in [0.1, 0.15) is 5.75 Å². The number of carbonyl (C=O) groups excluding carboxylic acids is 2. The number of thioether (sulfide) groups is 1. The van der Waals surface area contributed by atoms with Gasteiger partial charge in [-0.25, -0.2) is 0 Å². The summed E-state index contributed by atoms with van der Waals surface area (Å²) in [4.78, 5) is 25.7. The lowest BCUT2D eigenvalue weighted by Crippen LogP contribution is -2.22. The van der Waals surface area contributed by atoms with Crippen LogP contribution in [0.1, 0.15) is 17.3 Å². The third-order valence-corrected chi connectivity index (χ3v) is 5.60. The molecule has 2 N–H and O–H groups in total. The monoisotopic (exact) mass is 440 g/mol. The Kier molecular flexibility index (Phi) is 7.38. The lowest BCUT2D eigenvalue weighted by atomic mass is 10.2. The van der Waals surface area contributed by atoms with Crippen LogP contribution in [0.2, 0.25) is 5.02 Å². The number of nitrogens with one attached hydrogen (secondary N) is 2. The normalized spacial score (nSPS) is 11.4.